The molecule has 1 aromatic rings. The van der Waals surface area contributed by atoms with Gasteiger partial charge >= 0.3 is 6.09 Å². The van der Waals surface area contributed by atoms with Crippen molar-refractivity contribution in [1.29, 1.82) is 0 Å². The minimum atomic E-state index is -0.781. The lowest BCUT2D eigenvalue weighted by Gasteiger charge is -2.06. The summed E-state index contributed by atoms with van der Waals surface area (Å²) in [5, 5.41) is 13.1. The molecule has 0 unspecified atom stereocenters. The third-order valence-electron chi connectivity index (χ3n) is 2.11. The van der Waals surface area contributed by atoms with Crippen LogP contribution in [0.2, 0.25) is 0 Å². The molecule has 96 valence electrons. The Morgan fingerprint density at radius 1 is 1.44 bits per heavy atom. The number of benzene rings is 1. The van der Waals surface area contributed by atoms with E-state index in [0.29, 0.717) is 0 Å². The molecule has 1 aromatic carbocycles. The maximum atomic E-state index is 11.2. The van der Waals surface area contributed by atoms with Crippen LogP contribution in [0, 0.1) is 10.1 Å². The second-order valence-electron chi connectivity index (χ2n) is 3.39. The van der Waals surface area contributed by atoms with E-state index < -0.39 is 11.0 Å². The number of carbonyl (C=O) groups is 2. The largest absolute Gasteiger partial charge is 0.450 e. The minimum Gasteiger partial charge on any atom is -0.450 e. The van der Waals surface area contributed by atoms with Crippen molar-refractivity contribution in [2.45, 2.75) is 13.8 Å². The van der Waals surface area contributed by atoms with Gasteiger partial charge in [-0.1, -0.05) is 0 Å². The van der Waals surface area contributed by atoms with E-state index in [2.05, 4.69) is 10.1 Å². The van der Waals surface area contributed by atoms with Gasteiger partial charge in [0.2, 0.25) is 0 Å². The summed E-state index contributed by atoms with van der Waals surface area (Å²) in [6, 6.07) is 3.81. The van der Waals surface area contributed by atoms with Crippen LogP contribution in [0.25, 0.3) is 0 Å². The van der Waals surface area contributed by atoms with Crippen molar-refractivity contribution in [3.63, 3.8) is 0 Å². The summed E-state index contributed by atoms with van der Waals surface area (Å²) in [6.45, 7) is 3.08. The molecule has 1 amide bonds. The fourth-order valence-corrected chi connectivity index (χ4v) is 1.28. The Morgan fingerprint density at radius 2 is 2.11 bits per heavy atom. The van der Waals surface area contributed by atoms with E-state index in [4.69, 9.17) is 0 Å². The van der Waals surface area contributed by atoms with E-state index in [-0.39, 0.29) is 29.3 Å². The Hall–Kier alpha value is -2.44. The van der Waals surface area contributed by atoms with Crippen LogP contribution in [0.15, 0.2) is 18.2 Å². The first-order valence-corrected chi connectivity index (χ1v) is 5.18. The number of hydrogen-bond donors (Lipinski definition) is 1. The lowest BCUT2D eigenvalue weighted by Crippen LogP contribution is -2.14. The summed E-state index contributed by atoms with van der Waals surface area (Å²) in [5.41, 5.74) is -0.157. The molecule has 0 aliphatic heterocycles. The smallest absolute Gasteiger partial charge is 0.411 e. The number of rotatable bonds is 4. The van der Waals surface area contributed by atoms with E-state index in [9.17, 15) is 19.7 Å². The zero-order valence-electron chi connectivity index (χ0n) is 9.93. The maximum absolute atomic E-state index is 11.2. The molecule has 1 rings (SSSR count). The minimum absolute atomic E-state index is 0.0107. The van der Waals surface area contributed by atoms with Crippen LogP contribution in [0.4, 0.5) is 16.2 Å². The predicted octanol–water partition coefficient (Wildman–Crippen LogP) is 2.37. The molecule has 18 heavy (non-hydrogen) atoms. The molecule has 0 atom stereocenters. The lowest BCUT2D eigenvalue weighted by molar-refractivity contribution is -0.383. The Kier molecular flexibility index (Phi) is 4.36. The summed E-state index contributed by atoms with van der Waals surface area (Å²) in [7, 11) is 0. The van der Waals surface area contributed by atoms with Crippen molar-refractivity contribution in [2.75, 3.05) is 11.9 Å². The molecule has 0 fully saturated rings. The standard InChI is InChI=1S/C11H12N2O5/c1-3-18-11(15)12-9-5-4-8(7(2)14)6-10(9)13(16)17/h4-6H,3H2,1-2H3,(H,12,15). The van der Waals surface area contributed by atoms with Gasteiger partial charge in [0.25, 0.3) is 5.69 Å². The van der Waals surface area contributed by atoms with E-state index in [1.165, 1.54) is 19.1 Å². The van der Waals surface area contributed by atoms with Crippen molar-refractivity contribution in [1.82, 2.24) is 0 Å². The molecule has 0 aliphatic rings. The molecule has 0 saturated heterocycles. The fourth-order valence-electron chi connectivity index (χ4n) is 1.28. The highest BCUT2D eigenvalue weighted by molar-refractivity contribution is 5.96. The Morgan fingerprint density at radius 3 is 2.61 bits per heavy atom. The van der Waals surface area contributed by atoms with Gasteiger partial charge in [-0.15, -0.1) is 0 Å². The molecule has 0 spiro atoms. The summed E-state index contributed by atoms with van der Waals surface area (Å²) >= 11 is 0. The van der Waals surface area contributed by atoms with Gasteiger partial charge in [-0.25, -0.2) is 4.79 Å². The summed E-state index contributed by atoms with van der Waals surface area (Å²) < 4.78 is 4.62. The van der Waals surface area contributed by atoms with Crippen LogP contribution in [0.5, 0.6) is 0 Å². The number of hydrogen-bond acceptors (Lipinski definition) is 5. The third-order valence-corrected chi connectivity index (χ3v) is 2.11. The molecule has 1 N–H and O–H groups in total. The zero-order valence-corrected chi connectivity index (χ0v) is 9.93. The van der Waals surface area contributed by atoms with Crippen LogP contribution in [-0.2, 0) is 4.74 Å². The number of nitrogens with one attached hydrogen (secondary N) is 1. The normalized spacial score (nSPS) is 9.67. The third kappa shape index (κ3) is 3.27. The average Bonchev–Trinajstić information content (AvgIpc) is 2.29. The SMILES string of the molecule is CCOC(=O)Nc1ccc(C(C)=O)cc1[N+](=O)[O-]. The molecule has 0 heterocycles. The van der Waals surface area contributed by atoms with Crippen LogP contribution < -0.4 is 5.32 Å². The molecule has 0 aromatic heterocycles. The molecule has 7 nitrogen and oxygen atoms in total. The second-order valence-corrected chi connectivity index (χ2v) is 3.39. The van der Waals surface area contributed by atoms with Gasteiger partial charge in [0.15, 0.2) is 5.78 Å². The first-order chi connectivity index (χ1) is 8.45. The van der Waals surface area contributed by atoms with Crippen molar-refractivity contribution < 1.29 is 19.2 Å². The summed E-state index contributed by atoms with van der Waals surface area (Å²) in [5.74, 6) is -0.291. The van der Waals surface area contributed by atoms with Crippen LogP contribution in [-0.4, -0.2) is 23.4 Å². The van der Waals surface area contributed by atoms with Crippen molar-refractivity contribution in [2.24, 2.45) is 0 Å². The quantitative estimate of drug-likeness (QED) is 0.503. The van der Waals surface area contributed by atoms with Crippen molar-refractivity contribution in [3.05, 3.63) is 33.9 Å². The van der Waals surface area contributed by atoms with E-state index in [1.807, 2.05) is 0 Å². The number of nitrogens with zero attached hydrogens (tertiary/aromatic N) is 1. The molecular weight excluding hydrogens is 240 g/mol. The van der Waals surface area contributed by atoms with E-state index in [0.717, 1.165) is 6.07 Å². The van der Waals surface area contributed by atoms with Gasteiger partial charge < -0.3 is 4.74 Å². The number of ketones is 1. The van der Waals surface area contributed by atoms with Gasteiger partial charge in [0.05, 0.1) is 11.5 Å². The number of ether oxygens (including phenoxy) is 1. The predicted molar refractivity (Wildman–Crippen MR) is 63.7 cm³/mol. The fraction of sp³-hybridized carbons (Fsp3) is 0.273. The van der Waals surface area contributed by atoms with Gasteiger partial charge in [0.1, 0.15) is 5.69 Å². The molecule has 0 saturated carbocycles. The highest BCUT2D eigenvalue weighted by Crippen LogP contribution is 2.25. The number of nitro groups is 1. The van der Waals surface area contributed by atoms with Gasteiger partial charge in [-0.3, -0.25) is 20.2 Å². The summed E-state index contributed by atoms with van der Waals surface area (Å²) in [4.78, 5) is 32.5. The number of amides is 1. The zero-order chi connectivity index (χ0) is 13.7. The van der Waals surface area contributed by atoms with Gasteiger partial charge in [-0.05, 0) is 26.0 Å². The molecule has 0 aliphatic carbocycles. The number of anilines is 1. The number of nitro benzene ring substituents is 1. The second kappa shape index (κ2) is 5.76. The Balaban J connectivity index is 3.08. The van der Waals surface area contributed by atoms with Gasteiger partial charge in [0, 0.05) is 11.6 Å². The summed E-state index contributed by atoms with van der Waals surface area (Å²) in [6.07, 6.45) is -0.781. The maximum Gasteiger partial charge on any atom is 0.411 e. The number of carbonyl (C=O) groups excluding carboxylic acids is 2. The first kappa shape index (κ1) is 13.6. The lowest BCUT2D eigenvalue weighted by atomic mass is 10.1. The van der Waals surface area contributed by atoms with E-state index in [1.54, 1.807) is 6.92 Å². The van der Waals surface area contributed by atoms with Crippen LogP contribution in [0.1, 0.15) is 24.2 Å². The van der Waals surface area contributed by atoms with Gasteiger partial charge in [-0.2, -0.15) is 0 Å². The number of Topliss-reactive ketones (excluding diaryl/α,β-unsaturated/α-hetero) is 1. The molecular formula is C11H12N2O5. The van der Waals surface area contributed by atoms with Crippen LogP contribution >= 0.6 is 0 Å². The molecule has 0 bridgehead atoms. The monoisotopic (exact) mass is 252 g/mol. The van der Waals surface area contributed by atoms with Crippen molar-refractivity contribution >= 4 is 23.3 Å². The van der Waals surface area contributed by atoms with E-state index >= 15 is 0 Å². The van der Waals surface area contributed by atoms with Crippen molar-refractivity contribution in [3.8, 4) is 0 Å². The Labute approximate surface area is 103 Å². The molecule has 7 heteroatoms. The topological polar surface area (TPSA) is 98.5 Å². The van der Waals surface area contributed by atoms with Crippen LogP contribution in [0.3, 0.4) is 0 Å². The Bertz CT molecular complexity index is 498. The highest BCUT2D eigenvalue weighted by atomic mass is 16.6. The highest BCUT2D eigenvalue weighted by Gasteiger charge is 2.18. The first-order valence-electron chi connectivity index (χ1n) is 5.18. The average molecular weight is 252 g/mol. The molecule has 0 radical (unpaired) electrons.